The van der Waals surface area contributed by atoms with E-state index in [1.807, 2.05) is 19.1 Å². The van der Waals surface area contributed by atoms with Gasteiger partial charge in [0.05, 0.1) is 12.9 Å². The zero-order valence-corrected chi connectivity index (χ0v) is 9.24. The first-order chi connectivity index (χ1) is 7.36. The first kappa shape index (κ1) is 10.7. The normalized spacial score (nSPS) is 23.9. The number of piperidine rings is 1. The zero-order chi connectivity index (χ0) is 10.5. The molecule has 0 radical (unpaired) electrons. The lowest BCUT2D eigenvalue weighted by molar-refractivity contribution is 0.0217. The van der Waals surface area contributed by atoms with Gasteiger partial charge in [-0.3, -0.25) is 0 Å². The average Bonchev–Trinajstić information content (AvgIpc) is 2.81. The van der Waals surface area contributed by atoms with E-state index < -0.39 is 0 Å². The van der Waals surface area contributed by atoms with Crippen LogP contribution in [0.1, 0.15) is 31.6 Å². The molecule has 1 saturated heterocycles. The van der Waals surface area contributed by atoms with E-state index in [4.69, 9.17) is 9.15 Å². The molecule has 1 aliphatic rings. The fraction of sp³-hybridized carbons (Fsp3) is 0.667. The molecule has 1 N–H and O–H groups in total. The summed E-state index contributed by atoms with van der Waals surface area (Å²) >= 11 is 0. The van der Waals surface area contributed by atoms with Gasteiger partial charge in [0.15, 0.2) is 0 Å². The van der Waals surface area contributed by atoms with Crippen LogP contribution < -0.4 is 5.32 Å². The second kappa shape index (κ2) is 5.33. The largest absolute Gasteiger partial charge is 0.467 e. The summed E-state index contributed by atoms with van der Waals surface area (Å²) in [6.07, 6.45) is 4.31. The molecule has 2 rings (SSSR count). The summed E-state index contributed by atoms with van der Waals surface area (Å²) in [6.45, 7) is 5.11. The van der Waals surface area contributed by atoms with Crippen LogP contribution in [0.15, 0.2) is 22.8 Å². The monoisotopic (exact) mass is 209 g/mol. The van der Waals surface area contributed by atoms with Gasteiger partial charge in [0, 0.05) is 6.54 Å². The number of rotatable bonds is 4. The van der Waals surface area contributed by atoms with Crippen LogP contribution in [0.4, 0.5) is 0 Å². The van der Waals surface area contributed by atoms with Crippen molar-refractivity contribution >= 4 is 0 Å². The summed E-state index contributed by atoms with van der Waals surface area (Å²) < 4.78 is 11.1. The van der Waals surface area contributed by atoms with Crippen molar-refractivity contribution in [1.29, 1.82) is 0 Å². The third kappa shape index (κ3) is 3.08. The lowest BCUT2D eigenvalue weighted by Gasteiger charge is -2.23. The van der Waals surface area contributed by atoms with Crippen LogP contribution in [0.3, 0.4) is 0 Å². The summed E-state index contributed by atoms with van der Waals surface area (Å²) in [5, 5.41) is 3.39. The smallest absolute Gasteiger partial charge is 0.132 e. The van der Waals surface area contributed by atoms with Gasteiger partial charge >= 0.3 is 0 Å². The Balaban J connectivity index is 1.73. The van der Waals surface area contributed by atoms with E-state index in [2.05, 4.69) is 5.32 Å². The van der Waals surface area contributed by atoms with Crippen LogP contribution >= 0.6 is 0 Å². The molecule has 1 aromatic rings. The minimum atomic E-state index is 0.0712. The fourth-order valence-electron chi connectivity index (χ4n) is 1.95. The van der Waals surface area contributed by atoms with E-state index >= 15 is 0 Å². The van der Waals surface area contributed by atoms with E-state index in [1.165, 1.54) is 12.8 Å². The van der Waals surface area contributed by atoms with Crippen LogP contribution in [0.25, 0.3) is 0 Å². The van der Waals surface area contributed by atoms with Crippen molar-refractivity contribution in [2.45, 2.75) is 25.9 Å². The third-order valence-electron chi connectivity index (χ3n) is 2.92. The Morgan fingerprint density at radius 3 is 3.27 bits per heavy atom. The lowest BCUT2D eigenvalue weighted by atomic mass is 10.0. The third-order valence-corrected chi connectivity index (χ3v) is 2.92. The predicted octanol–water partition coefficient (Wildman–Crippen LogP) is 2.36. The van der Waals surface area contributed by atoms with Crippen molar-refractivity contribution < 1.29 is 9.15 Å². The van der Waals surface area contributed by atoms with Gasteiger partial charge in [0.1, 0.15) is 11.9 Å². The minimum absolute atomic E-state index is 0.0712. The van der Waals surface area contributed by atoms with E-state index in [1.54, 1.807) is 6.26 Å². The van der Waals surface area contributed by atoms with Crippen molar-refractivity contribution in [1.82, 2.24) is 5.32 Å². The van der Waals surface area contributed by atoms with Crippen molar-refractivity contribution in [2.75, 3.05) is 19.7 Å². The molecule has 15 heavy (non-hydrogen) atoms. The summed E-state index contributed by atoms with van der Waals surface area (Å²) in [4.78, 5) is 0. The quantitative estimate of drug-likeness (QED) is 0.826. The molecular weight excluding hydrogens is 190 g/mol. The maximum absolute atomic E-state index is 5.79. The summed E-state index contributed by atoms with van der Waals surface area (Å²) in [6, 6.07) is 3.86. The molecule has 2 atom stereocenters. The standard InChI is InChI=1S/C12H19NO2/c1-10(12-5-3-7-14-12)15-9-11-4-2-6-13-8-11/h3,5,7,10-11,13H,2,4,6,8-9H2,1H3/t10-,11+/m0/s1. The highest BCUT2D eigenvalue weighted by molar-refractivity contribution is 5.00. The average molecular weight is 209 g/mol. The Labute approximate surface area is 90.8 Å². The summed E-state index contributed by atoms with van der Waals surface area (Å²) in [7, 11) is 0. The number of nitrogens with one attached hydrogen (secondary N) is 1. The summed E-state index contributed by atoms with van der Waals surface area (Å²) in [5.41, 5.74) is 0. The molecule has 84 valence electrons. The van der Waals surface area contributed by atoms with Gasteiger partial charge in [0.25, 0.3) is 0 Å². The molecule has 1 aliphatic heterocycles. The highest BCUT2D eigenvalue weighted by Gasteiger charge is 2.15. The molecular formula is C12H19NO2. The number of ether oxygens (including phenoxy) is 1. The highest BCUT2D eigenvalue weighted by Crippen LogP contribution is 2.19. The van der Waals surface area contributed by atoms with Gasteiger partial charge in [0.2, 0.25) is 0 Å². The molecule has 0 saturated carbocycles. The molecule has 0 aliphatic carbocycles. The van der Waals surface area contributed by atoms with Gasteiger partial charge in [-0.1, -0.05) is 0 Å². The van der Waals surface area contributed by atoms with E-state index in [9.17, 15) is 0 Å². The zero-order valence-electron chi connectivity index (χ0n) is 9.24. The van der Waals surface area contributed by atoms with Crippen LogP contribution in [-0.4, -0.2) is 19.7 Å². The van der Waals surface area contributed by atoms with Gasteiger partial charge < -0.3 is 14.5 Å². The fourth-order valence-corrected chi connectivity index (χ4v) is 1.95. The van der Waals surface area contributed by atoms with Crippen molar-refractivity contribution in [3.8, 4) is 0 Å². The van der Waals surface area contributed by atoms with Crippen LogP contribution in [0, 0.1) is 5.92 Å². The molecule has 0 amide bonds. The molecule has 0 spiro atoms. The Morgan fingerprint density at radius 2 is 2.60 bits per heavy atom. The van der Waals surface area contributed by atoms with Gasteiger partial charge in [-0.15, -0.1) is 0 Å². The molecule has 1 aromatic heterocycles. The van der Waals surface area contributed by atoms with Gasteiger partial charge in [-0.2, -0.15) is 0 Å². The van der Waals surface area contributed by atoms with Gasteiger partial charge in [-0.25, -0.2) is 0 Å². The second-order valence-corrected chi connectivity index (χ2v) is 4.20. The van der Waals surface area contributed by atoms with Crippen LogP contribution in [0.5, 0.6) is 0 Å². The van der Waals surface area contributed by atoms with Gasteiger partial charge in [-0.05, 0) is 44.4 Å². The molecule has 3 nitrogen and oxygen atoms in total. The lowest BCUT2D eigenvalue weighted by Crippen LogP contribution is -2.32. The molecule has 0 bridgehead atoms. The number of hydrogen-bond donors (Lipinski definition) is 1. The van der Waals surface area contributed by atoms with Crippen LogP contribution in [0.2, 0.25) is 0 Å². The predicted molar refractivity (Wildman–Crippen MR) is 58.7 cm³/mol. The van der Waals surface area contributed by atoms with Crippen molar-refractivity contribution in [3.05, 3.63) is 24.2 Å². The van der Waals surface area contributed by atoms with Crippen LogP contribution in [-0.2, 0) is 4.74 Å². The number of furan rings is 1. The molecule has 0 aromatic carbocycles. The topological polar surface area (TPSA) is 34.4 Å². The van der Waals surface area contributed by atoms with Crippen molar-refractivity contribution in [2.24, 2.45) is 5.92 Å². The Hall–Kier alpha value is -0.800. The maximum Gasteiger partial charge on any atom is 0.132 e. The van der Waals surface area contributed by atoms with Crippen molar-refractivity contribution in [3.63, 3.8) is 0 Å². The van der Waals surface area contributed by atoms with E-state index in [-0.39, 0.29) is 6.10 Å². The number of hydrogen-bond acceptors (Lipinski definition) is 3. The highest BCUT2D eigenvalue weighted by atomic mass is 16.5. The SMILES string of the molecule is C[C@H](OC[C@@H]1CCCNC1)c1ccco1. The molecule has 3 heteroatoms. The first-order valence-electron chi connectivity index (χ1n) is 5.72. The van der Waals surface area contributed by atoms with E-state index in [0.717, 1.165) is 25.5 Å². The second-order valence-electron chi connectivity index (χ2n) is 4.20. The molecule has 1 fully saturated rings. The Kier molecular flexibility index (Phi) is 3.80. The minimum Gasteiger partial charge on any atom is -0.467 e. The molecule has 2 heterocycles. The molecule has 0 unspecified atom stereocenters. The summed E-state index contributed by atoms with van der Waals surface area (Å²) in [5.74, 6) is 1.58. The van der Waals surface area contributed by atoms with E-state index in [0.29, 0.717) is 5.92 Å². The first-order valence-corrected chi connectivity index (χ1v) is 5.72. The Bertz CT molecular complexity index is 265. The Morgan fingerprint density at radius 1 is 1.67 bits per heavy atom. The maximum atomic E-state index is 5.79.